The molecule has 0 spiro atoms. The van der Waals surface area contributed by atoms with E-state index in [1.165, 1.54) is 0 Å². The number of hydrazine groups is 1. The standard InChI is InChI=1S/C25H33N3O6/c1-4-32-21-15-20(16-22(33-5-2)23(21)34-6-3)25(30)27-26-24(29)19-9-7-8-18(14-19)17-28-10-12-31-13-11-28/h7-9,14-16H,4-6,10-13,17H2,1-3H3,(H,26,29)(H,27,30). The molecule has 0 radical (unpaired) electrons. The Hall–Kier alpha value is -3.30. The van der Waals surface area contributed by atoms with Crippen molar-refractivity contribution in [2.45, 2.75) is 27.3 Å². The molecule has 2 amide bonds. The average Bonchev–Trinajstić information content (AvgIpc) is 2.85. The van der Waals surface area contributed by atoms with Crippen LogP contribution in [0.2, 0.25) is 0 Å². The second-order valence-electron chi connectivity index (χ2n) is 7.60. The van der Waals surface area contributed by atoms with Crippen LogP contribution in [0.4, 0.5) is 0 Å². The van der Waals surface area contributed by atoms with Crippen LogP contribution >= 0.6 is 0 Å². The van der Waals surface area contributed by atoms with Gasteiger partial charge in [-0.3, -0.25) is 25.3 Å². The van der Waals surface area contributed by atoms with Gasteiger partial charge in [0.15, 0.2) is 11.5 Å². The van der Waals surface area contributed by atoms with Gasteiger partial charge in [-0.15, -0.1) is 0 Å². The van der Waals surface area contributed by atoms with Crippen molar-refractivity contribution >= 4 is 11.8 Å². The maximum atomic E-state index is 12.8. The third-order valence-corrected chi connectivity index (χ3v) is 5.16. The lowest BCUT2D eigenvalue weighted by Crippen LogP contribution is -2.41. The molecule has 0 atom stereocenters. The van der Waals surface area contributed by atoms with Gasteiger partial charge in [0.2, 0.25) is 5.75 Å². The highest BCUT2D eigenvalue weighted by molar-refractivity contribution is 5.99. The lowest BCUT2D eigenvalue weighted by atomic mass is 10.1. The third kappa shape index (κ3) is 6.85. The van der Waals surface area contributed by atoms with Crippen molar-refractivity contribution in [3.05, 3.63) is 53.1 Å². The molecule has 9 heteroatoms. The predicted octanol–water partition coefficient (Wildman–Crippen LogP) is 2.79. The van der Waals surface area contributed by atoms with Gasteiger partial charge in [-0.05, 0) is 50.6 Å². The number of rotatable bonds is 10. The minimum absolute atomic E-state index is 0.275. The van der Waals surface area contributed by atoms with Crippen LogP contribution in [0.25, 0.3) is 0 Å². The van der Waals surface area contributed by atoms with E-state index in [0.717, 1.165) is 25.2 Å². The monoisotopic (exact) mass is 471 g/mol. The number of amides is 2. The molecule has 0 bridgehead atoms. The molecule has 9 nitrogen and oxygen atoms in total. The number of benzene rings is 2. The van der Waals surface area contributed by atoms with E-state index < -0.39 is 11.8 Å². The molecule has 1 aliphatic rings. The Morgan fingerprint density at radius 1 is 0.853 bits per heavy atom. The summed E-state index contributed by atoms with van der Waals surface area (Å²) in [6, 6.07) is 10.5. The van der Waals surface area contributed by atoms with Gasteiger partial charge < -0.3 is 18.9 Å². The van der Waals surface area contributed by atoms with Crippen molar-refractivity contribution in [3.63, 3.8) is 0 Å². The summed E-state index contributed by atoms with van der Waals surface area (Å²) in [6.45, 7) is 10.7. The van der Waals surface area contributed by atoms with E-state index in [4.69, 9.17) is 18.9 Å². The number of carbonyl (C=O) groups is 2. The Balaban J connectivity index is 1.67. The van der Waals surface area contributed by atoms with Crippen LogP contribution in [0.15, 0.2) is 36.4 Å². The van der Waals surface area contributed by atoms with Crippen molar-refractivity contribution < 1.29 is 28.5 Å². The molecule has 3 rings (SSSR count). The highest BCUT2D eigenvalue weighted by Crippen LogP contribution is 2.39. The minimum atomic E-state index is -0.497. The van der Waals surface area contributed by atoms with Crippen LogP contribution in [0.3, 0.4) is 0 Å². The fourth-order valence-electron chi connectivity index (χ4n) is 3.61. The first-order chi connectivity index (χ1) is 16.5. The molecule has 34 heavy (non-hydrogen) atoms. The topological polar surface area (TPSA) is 98.4 Å². The highest BCUT2D eigenvalue weighted by Gasteiger charge is 2.19. The van der Waals surface area contributed by atoms with Crippen LogP contribution in [0.5, 0.6) is 17.2 Å². The van der Waals surface area contributed by atoms with Gasteiger partial charge >= 0.3 is 0 Å². The zero-order valence-electron chi connectivity index (χ0n) is 20.0. The molecule has 0 unspecified atom stereocenters. The molecule has 184 valence electrons. The molecule has 0 aromatic heterocycles. The maximum absolute atomic E-state index is 12.8. The molecule has 0 saturated carbocycles. The number of hydrogen-bond donors (Lipinski definition) is 2. The maximum Gasteiger partial charge on any atom is 0.269 e. The minimum Gasteiger partial charge on any atom is -0.490 e. The zero-order chi connectivity index (χ0) is 24.3. The molecule has 0 aliphatic carbocycles. The summed E-state index contributed by atoms with van der Waals surface area (Å²) in [6.07, 6.45) is 0. The smallest absolute Gasteiger partial charge is 0.269 e. The van der Waals surface area contributed by atoms with Crippen LogP contribution in [-0.4, -0.2) is 62.8 Å². The quantitative estimate of drug-likeness (QED) is 0.514. The number of carbonyl (C=O) groups excluding carboxylic acids is 2. The zero-order valence-corrected chi connectivity index (χ0v) is 20.0. The summed E-state index contributed by atoms with van der Waals surface area (Å²) in [7, 11) is 0. The van der Waals surface area contributed by atoms with Gasteiger partial charge in [0.1, 0.15) is 0 Å². The summed E-state index contributed by atoms with van der Waals surface area (Å²) in [5.74, 6) is 0.356. The fraction of sp³-hybridized carbons (Fsp3) is 0.440. The Morgan fingerprint density at radius 2 is 1.44 bits per heavy atom. The lowest BCUT2D eigenvalue weighted by Gasteiger charge is -2.26. The first-order valence-electron chi connectivity index (χ1n) is 11.6. The Labute approximate surface area is 200 Å². The molecular formula is C25H33N3O6. The van der Waals surface area contributed by atoms with E-state index in [1.807, 2.05) is 39.0 Å². The van der Waals surface area contributed by atoms with Crippen LogP contribution in [0.1, 0.15) is 47.1 Å². The lowest BCUT2D eigenvalue weighted by molar-refractivity contribution is 0.0342. The van der Waals surface area contributed by atoms with Gasteiger partial charge in [0.05, 0.1) is 33.0 Å². The third-order valence-electron chi connectivity index (χ3n) is 5.16. The molecule has 1 saturated heterocycles. The van der Waals surface area contributed by atoms with Crippen LogP contribution < -0.4 is 25.1 Å². The highest BCUT2D eigenvalue weighted by atomic mass is 16.5. The van der Waals surface area contributed by atoms with Gasteiger partial charge in [0.25, 0.3) is 11.8 Å². The summed E-state index contributed by atoms with van der Waals surface area (Å²) in [5, 5.41) is 0. The molecule has 1 aliphatic heterocycles. The second-order valence-corrected chi connectivity index (χ2v) is 7.60. The second kappa shape index (κ2) is 12.8. The van der Waals surface area contributed by atoms with E-state index in [1.54, 1.807) is 18.2 Å². The van der Waals surface area contributed by atoms with E-state index in [-0.39, 0.29) is 5.56 Å². The molecule has 1 fully saturated rings. The van der Waals surface area contributed by atoms with Crippen molar-refractivity contribution in [1.82, 2.24) is 15.8 Å². The first-order valence-corrected chi connectivity index (χ1v) is 11.6. The van der Waals surface area contributed by atoms with Crippen LogP contribution in [0, 0.1) is 0 Å². The van der Waals surface area contributed by atoms with Gasteiger partial charge in [-0.2, -0.15) is 0 Å². The Morgan fingerprint density at radius 3 is 2.03 bits per heavy atom. The number of morpholine rings is 1. The molecule has 2 aromatic rings. The van der Waals surface area contributed by atoms with Gasteiger partial charge in [-0.1, -0.05) is 12.1 Å². The van der Waals surface area contributed by atoms with E-state index in [0.29, 0.717) is 55.8 Å². The molecular weight excluding hydrogens is 438 g/mol. The van der Waals surface area contributed by atoms with E-state index in [2.05, 4.69) is 15.8 Å². The van der Waals surface area contributed by atoms with Gasteiger partial charge in [-0.25, -0.2) is 0 Å². The van der Waals surface area contributed by atoms with Gasteiger partial charge in [0, 0.05) is 30.8 Å². The first kappa shape index (κ1) is 25.3. The van der Waals surface area contributed by atoms with Crippen molar-refractivity contribution in [1.29, 1.82) is 0 Å². The summed E-state index contributed by atoms with van der Waals surface area (Å²) in [4.78, 5) is 27.7. The van der Waals surface area contributed by atoms with Crippen molar-refractivity contribution in [2.75, 3.05) is 46.1 Å². The number of hydrogen-bond acceptors (Lipinski definition) is 7. The molecule has 1 heterocycles. The molecule has 2 N–H and O–H groups in total. The number of ether oxygens (including phenoxy) is 4. The Bertz CT molecular complexity index is 948. The number of nitrogens with one attached hydrogen (secondary N) is 2. The summed E-state index contributed by atoms with van der Waals surface area (Å²) in [5.41, 5.74) is 6.72. The van der Waals surface area contributed by atoms with Crippen LogP contribution in [-0.2, 0) is 11.3 Å². The summed E-state index contributed by atoms with van der Waals surface area (Å²) >= 11 is 0. The predicted molar refractivity (Wildman–Crippen MR) is 127 cm³/mol. The molecule has 2 aromatic carbocycles. The largest absolute Gasteiger partial charge is 0.490 e. The van der Waals surface area contributed by atoms with E-state index >= 15 is 0 Å². The van der Waals surface area contributed by atoms with Crippen molar-refractivity contribution in [2.24, 2.45) is 0 Å². The Kier molecular flexibility index (Phi) is 9.54. The fourth-order valence-corrected chi connectivity index (χ4v) is 3.61. The SMILES string of the molecule is CCOc1cc(C(=O)NNC(=O)c2cccc(CN3CCOCC3)c2)cc(OCC)c1OCC. The normalized spacial score (nSPS) is 13.7. The van der Waals surface area contributed by atoms with E-state index in [9.17, 15) is 9.59 Å². The average molecular weight is 472 g/mol. The van der Waals surface area contributed by atoms with Crippen molar-refractivity contribution in [3.8, 4) is 17.2 Å². The number of nitrogens with zero attached hydrogens (tertiary/aromatic N) is 1. The summed E-state index contributed by atoms with van der Waals surface area (Å²) < 4.78 is 22.4.